The third-order valence-electron chi connectivity index (χ3n) is 3.49. The molecule has 0 spiro atoms. The molecular weight excluding hydrogens is 374 g/mol. The quantitative estimate of drug-likeness (QED) is 0.541. The zero-order valence-electron chi connectivity index (χ0n) is 12.1. The van der Waals surface area contributed by atoms with Crippen LogP contribution in [-0.2, 0) is 6.42 Å². The number of aromatic amines is 1. The van der Waals surface area contributed by atoms with Crippen LogP contribution >= 0.6 is 46.4 Å². The van der Waals surface area contributed by atoms with E-state index in [1.54, 1.807) is 24.3 Å². The van der Waals surface area contributed by atoms with Crippen molar-refractivity contribution in [1.82, 2.24) is 9.97 Å². The Bertz CT molecular complexity index is 871. The van der Waals surface area contributed by atoms with Crippen LogP contribution in [0.3, 0.4) is 0 Å². The van der Waals surface area contributed by atoms with E-state index in [-0.39, 0.29) is 0 Å². The molecule has 3 aromatic rings. The predicted octanol–water partition coefficient (Wildman–Crippen LogP) is 6.59. The molecule has 0 bridgehead atoms. The summed E-state index contributed by atoms with van der Waals surface area (Å²) < 4.78 is 0. The van der Waals surface area contributed by atoms with Gasteiger partial charge in [0.25, 0.3) is 0 Å². The molecule has 0 atom stereocenters. The first kappa shape index (κ1) is 16.7. The van der Waals surface area contributed by atoms with E-state index in [2.05, 4.69) is 9.97 Å². The monoisotopic (exact) mass is 384 g/mol. The fraction of sp³-hybridized carbons (Fsp3) is 0.118. The van der Waals surface area contributed by atoms with Gasteiger partial charge in [0.1, 0.15) is 5.82 Å². The number of H-pyrrole nitrogens is 1. The van der Waals surface area contributed by atoms with E-state index < -0.39 is 0 Å². The number of halogens is 4. The maximum Gasteiger partial charge on any atom is 0.111 e. The first-order valence-electron chi connectivity index (χ1n) is 6.89. The van der Waals surface area contributed by atoms with Crippen LogP contribution in [0.1, 0.15) is 17.1 Å². The van der Waals surface area contributed by atoms with E-state index in [4.69, 9.17) is 46.4 Å². The summed E-state index contributed by atoms with van der Waals surface area (Å²) in [5, 5.41) is 2.47. The number of nitrogens with one attached hydrogen (secondary N) is 1. The molecule has 1 N–H and O–H groups in total. The molecule has 0 aliphatic heterocycles. The van der Waals surface area contributed by atoms with Gasteiger partial charge in [0.2, 0.25) is 0 Å². The van der Waals surface area contributed by atoms with Crippen LogP contribution in [0.2, 0.25) is 20.1 Å². The van der Waals surface area contributed by atoms with Crippen molar-refractivity contribution >= 4 is 46.4 Å². The Balaban J connectivity index is 1.96. The largest absolute Gasteiger partial charge is 0.345 e. The van der Waals surface area contributed by atoms with Gasteiger partial charge in [-0.05, 0) is 48.9 Å². The number of nitrogens with zero attached hydrogens (tertiary/aromatic N) is 1. The maximum absolute atomic E-state index is 6.27. The number of benzene rings is 2. The zero-order chi connectivity index (χ0) is 16.6. The molecular formula is C17H12Cl4N2. The number of aryl methyl sites for hydroxylation is 1. The van der Waals surface area contributed by atoms with Crippen molar-refractivity contribution in [1.29, 1.82) is 0 Å². The summed E-state index contributed by atoms with van der Waals surface area (Å²) in [4.78, 5) is 7.93. The Morgan fingerprint density at radius 1 is 0.913 bits per heavy atom. The summed E-state index contributed by atoms with van der Waals surface area (Å²) in [6, 6.07) is 10.8. The molecule has 0 saturated heterocycles. The second-order valence-corrected chi connectivity index (χ2v) is 6.88. The van der Waals surface area contributed by atoms with Crippen LogP contribution < -0.4 is 0 Å². The zero-order valence-corrected chi connectivity index (χ0v) is 15.2. The summed E-state index contributed by atoms with van der Waals surface area (Å²) in [7, 11) is 0. The molecule has 0 aliphatic rings. The van der Waals surface area contributed by atoms with Gasteiger partial charge in [-0.2, -0.15) is 0 Å². The first-order valence-corrected chi connectivity index (χ1v) is 8.40. The highest BCUT2D eigenvalue weighted by Gasteiger charge is 2.14. The third kappa shape index (κ3) is 3.67. The minimum Gasteiger partial charge on any atom is -0.345 e. The summed E-state index contributed by atoms with van der Waals surface area (Å²) >= 11 is 24.5. The molecule has 2 aromatic carbocycles. The van der Waals surface area contributed by atoms with Crippen molar-refractivity contribution in [2.24, 2.45) is 0 Å². The molecule has 3 rings (SSSR count). The molecule has 0 amide bonds. The minimum absolute atomic E-state index is 0.561. The summed E-state index contributed by atoms with van der Waals surface area (Å²) in [5.74, 6) is 0.799. The normalized spacial score (nSPS) is 11.0. The maximum atomic E-state index is 6.27. The van der Waals surface area contributed by atoms with Gasteiger partial charge in [-0.3, -0.25) is 0 Å². The van der Waals surface area contributed by atoms with Crippen molar-refractivity contribution in [3.8, 4) is 11.3 Å². The standard InChI is InChI=1S/C17H12Cl4N2/c1-9-17(13-4-2-12(19)8-15(13)21)23-16(22-9)7-10-6-11(18)3-5-14(10)20/h2-6,8H,7H2,1H3,(H,22,23). The lowest BCUT2D eigenvalue weighted by molar-refractivity contribution is 1.02. The van der Waals surface area contributed by atoms with Crippen LogP contribution in [0, 0.1) is 6.92 Å². The summed E-state index contributed by atoms with van der Waals surface area (Å²) in [6.07, 6.45) is 0.561. The van der Waals surface area contributed by atoms with Crippen molar-refractivity contribution in [2.45, 2.75) is 13.3 Å². The molecule has 0 saturated carbocycles. The lowest BCUT2D eigenvalue weighted by Gasteiger charge is -2.03. The van der Waals surface area contributed by atoms with Gasteiger partial charge in [-0.15, -0.1) is 0 Å². The van der Waals surface area contributed by atoms with Crippen molar-refractivity contribution < 1.29 is 0 Å². The fourth-order valence-corrected chi connectivity index (χ4v) is 3.29. The molecule has 0 fully saturated rings. The number of rotatable bonds is 3. The van der Waals surface area contributed by atoms with Crippen LogP contribution in [0.15, 0.2) is 36.4 Å². The van der Waals surface area contributed by atoms with Crippen LogP contribution in [0.5, 0.6) is 0 Å². The minimum atomic E-state index is 0.561. The Morgan fingerprint density at radius 3 is 2.35 bits per heavy atom. The highest BCUT2D eigenvalue weighted by atomic mass is 35.5. The van der Waals surface area contributed by atoms with Crippen LogP contribution in [0.25, 0.3) is 11.3 Å². The summed E-state index contributed by atoms with van der Waals surface area (Å²) in [6.45, 7) is 1.95. The highest BCUT2D eigenvalue weighted by Crippen LogP contribution is 2.32. The molecule has 0 unspecified atom stereocenters. The number of hydrogen-bond acceptors (Lipinski definition) is 1. The van der Waals surface area contributed by atoms with E-state index >= 15 is 0 Å². The van der Waals surface area contributed by atoms with E-state index in [0.29, 0.717) is 26.5 Å². The van der Waals surface area contributed by atoms with Crippen molar-refractivity contribution in [3.63, 3.8) is 0 Å². The Labute approximate surface area is 154 Å². The number of imidazole rings is 1. The van der Waals surface area contributed by atoms with Gasteiger partial charge in [-0.25, -0.2) is 4.98 Å². The van der Waals surface area contributed by atoms with Crippen molar-refractivity contribution in [3.05, 3.63) is 73.6 Å². The highest BCUT2D eigenvalue weighted by molar-refractivity contribution is 6.36. The average molecular weight is 386 g/mol. The number of hydrogen-bond donors (Lipinski definition) is 1. The lowest BCUT2D eigenvalue weighted by atomic mass is 10.1. The Hall–Kier alpha value is -1.19. The van der Waals surface area contributed by atoms with E-state index in [9.17, 15) is 0 Å². The van der Waals surface area contributed by atoms with Crippen molar-refractivity contribution in [2.75, 3.05) is 0 Å². The second-order valence-electron chi connectivity index (χ2n) is 5.19. The molecule has 1 heterocycles. The van der Waals surface area contributed by atoms with Gasteiger partial charge in [0.05, 0.1) is 10.7 Å². The summed E-state index contributed by atoms with van der Waals surface area (Å²) in [5.41, 5.74) is 3.50. The van der Waals surface area contributed by atoms with Gasteiger partial charge in [0.15, 0.2) is 0 Å². The molecule has 0 aliphatic carbocycles. The molecule has 118 valence electrons. The average Bonchev–Trinajstić information content (AvgIpc) is 2.83. The van der Waals surface area contributed by atoms with Gasteiger partial charge >= 0.3 is 0 Å². The van der Waals surface area contributed by atoms with Gasteiger partial charge < -0.3 is 4.98 Å². The Morgan fingerprint density at radius 2 is 1.61 bits per heavy atom. The third-order valence-corrected chi connectivity index (χ3v) is 4.64. The smallest absolute Gasteiger partial charge is 0.111 e. The van der Waals surface area contributed by atoms with E-state index in [1.165, 1.54) is 0 Å². The molecule has 2 nitrogen and oxygen atoms in total. The predicted molar refractivity (Wildman–Crippen MR) is 98.0 cm³/mol. The second kappa shape index (κ2) is 6.74. The molecule has 0 radical (unpaired) electrons. The van der Waals surface area contributed by atoms with Crippen LogP contribution in [-0.4, -0.2) is 9.97 Å². The van der Waals surface area contributed by atoms with Gasteiger partial charge in [-0.1, -0.05) is 46.4 Å². The van der Waals surface area contributed by atoms with E-state index in [1.807, 2.05) is 19.1 Å². The number of aromatic nitrogens is 2. The SMILES string of the molecule is Cc1[nH]c(Cc2cc(Cl)ccc2Cl)nc1-c1ccc(Cl)cc1Cl. The first-order chi connectivity index (χ1) is 10.9. The Kier molecular flexibility index (Phi) is 4.88. The lowest BCUT2D eigenvalue weighted by Crippen LogP contribution is -1.92. The van der Waals surface area contributed by atoms with Crippen LogP contribution in [0.4, 0.5) is 0 Å². The molecule has 23 heavy (non-hydrogen) atoms. The molecule has 1 aromatic heterocycles. The molecule has 6 heteroatoms. The van der Waals surface area contributed by atoms with E-state index in [0.717, 1.165) is 28.3 Å². The fourth-order valence-electron chi connectivity index (χ4n) is 2.41. The topological polar surface area (TPSA) is 28.7 Å². The van der Waals surface area contributed by atoms with Gasteiger partial charge in [0, 0.05) is 32.7 Å².